The molecule has 3 nitrogen and oxygen atoms in total. The van der Waals surface area contributed by atoms with E-state index in [1.165, 1.54) is 24.0 Å². The summed E-state index contributed by atoms with van der Waals surface area (Å²) in [6.07, 6.45) is 2.70. The Morgan fingerprint density at radius 2 is 2.00 bits per heavy atom. The van der Waals surface area contributed by atoms with Crippen molar-refractivity contribution in [2.75, 3.05) is 6.54 Å². The first-order valence-corrected chi connectivity index (χ1v) is 6.85. The van der Waals surface area contributed by atoms with Crippen LogP contribution in [0.3, 0.4) is 0 Å². The summed E-state index contributed by atoms with van der Waals surface area (Å²) in [5, 5.41) is 0. The first-order valence-electron chi connectivity index (χ1n) is 6.85. The first-order chi connectivity index (χ1) is 8.66. The van der Waals surface area contributed by atoms with Crippen molar-refractivity contribution in [2.24, 2.45) is 10.7 Å². The van der Waals surface area contributed by atoms with Gasteiger partial charge in [-0.3, -0.25) is 4.99 Å². The molecule has 1 saturated carbocycles. The fourth-order valence-electron chi connectivity index (χ4n) is 2.84. The molecule has 96 valence electrons. The zero-order valence-electron chi connectivity index (χ0n) is 11.1. The molecular formula is C15H21N3. The van der Waals surface area contributed by atoms with Crippen LogP contribution in [0.25, 0.3) is 0 Å². The maximum Gasteiger partial charge on any atom is 0.192 e. The summed E-state index contributed by atoms with van der Waals surface area (Å²) in [6, 6.07) is 9.71. The van der Waals surface area contributed by atoms with Crippen molar-refractivity contribution in [1.29, 1.82) is 0 Å². The highest BCUT2D eigenvalue weighted by atomic mass is 15.3. The number of nitrogens with two attached hydrogens (primary N) is 1. The van der Waals surface area contributed by atoms with E-state index in [0.717, 1.165) is 12.5 Å². The van der Waals surface area contributed by atoms with Gasteiger partial charge in [0.05, 0.1) is 12.6 Å². The van der Waals surface area contributed by atoms with E-state index in [9.17, 15) is 0 Å². The van der Waals surface area contributed by atoms with Crippen LogP contribution < -0.4 is 5.73 Å². The molecule has 3 rings (SSSR count). The van der Waals surface area contributed by atoms with E-state index in [-0.39, 0.29) is 0 Å². The number of guanidine groups is 1. The Labute approximate surface area is 109 Å². The maximum atomic E-state index is 5.99. The molecule has 1 aromatic rings. The Bertz CT molecular complexity index is 474. The summed E-state index contributed by atoms with van der Waals surface area (Å²) < 4.78 is 0. The van der Waals surface area contributed by atoms with Crippen LogP contribution in [0.2, 0.25) is 0 Å². The summed E-state index contributed by atoms with van der Waals surface area (Å²) in [5.41, 5.74) is 8.84. The molecule has 2 N–H and O–H groups in total. The van der Waals surface area contributed by atoms with Crippen molar-refractivity contribution in [1.82, 2.24) is 4.90 Å². The van der Waals surface area contributed by atoms with Gasteiger partial charge in [-0.05, 0) is 43.7 Å². The van der Waals surface area contributed by atoms with E-state index < -0.39 is 0 Å². The lowest BCUT2D eigenvalue weighted by Crippen LogP contribution is -2.40. The number of hydrogen-bond acceptors (Lipinski definition) is 3. The van der Waals surface area contributed by atoms with Crippen molar-refractivity contribution in [3.05, 3.63) is 35.4 Å². The van der Waals surface area contributed by atoms with Crippen molar-refractivity contribution in [3.63, 3.8) is 0 Å². The van der Waals surface area contributed by atoms with Gasteiger partial charge in [0.15, 0.2) is 5.96 Å². The third-order valence-corrected chi connectivity index (χ3v) is 3.93. The Morgan fingerprint density at radius 1 is 1.28 bits per heavy atom. The molecule has 1 aromatic carbocycles. The Kier molecular flexibility index (Phi) is 2.77. The monoisotopic (exact) mass is 243 g/mol. The average Bonchev–Trinajstić information content (AvgIpc) is 3.12. The van der Waals surface area contributed by atoms with Gasteiger partial charge in [-0.1, -0.05) is 24.3 Å². The second kappa shape index (κ2) is 4.30. The highest BCUT2D eigenvalue weighted by molar-refractivity contribution is 5.80. The number of rotatable bonds is 3. The van der Waals surface area contributed by atoms with Gasteiger partial charge in [-0.15, -0.1) is 0 Å². The van der Waals surface area contributed by atoms with E-state index in [1.807, 2.05) is 0 Å². The van der Waals surface area contributed by atoms with Crippen LogP contribution in [-0.4, -0.2) is 23.4 Å². The van der Waals surface area contributed by atoms with Gasteiger partial charge in [0.25, 0.3) is 0 Å². The minimum Gasteiger partial charge on any atom is -0.370 e. The standard InChI is InChI=1S/C15H21N3/c1-10(2)18-14(9-17-15(18)16)13-5-3-4-12(8-13)11-6-7-11/h3-5,8,10-11,14H,6-7,9H2,1-2H3,(H2,16,17). The average molecular weight is 243 g/mol. The molecule has 18 heavy (non-hydrogen) atoms. The lowest BCUT2D eigenvalue weighted by atomic mass is 10.0. The Morgan fingerprint density at radius 3 is 2.67 bits per heavy atom. The third-order valence-electron chi connectivity index (χ3n) is 3.93. The number of hydrogen-bond donors (Lipinski definition) is 1. The molecule has 0 aromatic heterocycles. The van der Waals surface area contributed by atoms with Gasteiger partial charge in [0, 0.05) is 6.04 Å². The van der Waals surface area contributed by atoms with Crippen LogP contribution in [-0.2, 0) is 0 Å². The summed E-state index contributed by atoms with van der Waals surface area (Å²) in [6.45, 7) is 5.13. The molecule has 2 aliphatic rings. The van der Waals surface area contributed by atoms with Gasteiger partial charge in [0.1, 0.15) is 0 Å². The largest absolute Gasteiger partial charge is 0.370 e. The predicted octanol–water partition coefficient (Wildman–Crippen LogP) is 2.64. The molecular weight excluding hydrogens is 222 g/mol. The topological polar surface area (TPSA) is 41.6 Å². The van der Waals surface area contributed by atoms with Gasteiger partial charge in [-0.25, -0.2) is 0 Å². The van der Waals surface area contributed by atoms with Crippen LogP contribution in [0.5, 0.6) is 0 Å². The SMILES string of the molecule is CC(C)N1C(N)=NCC1c1cccc(C2CC2)c1. The van der Waals surface area contributed by atoms with Gasteiger partial charge < -0.3 is 10.6 Å². The van der Waals surface area contributed by atoms with Crippen molar-refractivity contribution >= 4 is 5.96 Å². The third kappa shape index (κ3) is 1.98. The van der Waals surface area contributed by atoms with E-state index >= 15 is 0 Å². The number of aliphatic imine (C=N–C) groups is 1. The van der Waals surface area contributed by atoms with Crippen molar-refractivity contribution < 1.29 is 0 Å². The fraction of sp³-hybridized carbons (Fsp3) is 0.533. The molecule has 1 heterocycles. The summed E-state index contributed by atoms with van der Waals surface area (Å²) in [5.74, 6) is 1.49. The molecule has 0 bridgehead atoms. The van der Waals surface area contributed by atoms with E-state index in [4.69, 9.17) is 5.73 Å². The Balaban J connectivity index is 1.88. The highest BCUT2D eigenvalue weighted by Crippen LogP contribution is 2.41. The molecule has 1 fully saturated rings. The molecule has 0 spiro atoms. The van der Waals surface area contributed by atoms with E-state index in [2.05, 4.69) is 48.0 Å². The summed E-state index contributed by atoms with van der Waals surface area (Å²) in [4.78, 5) is 6.64. The molecule has 0 radical (unpaired) electrons. The molecule has 1 aliphatic carbocycles. The molecule has 0 amide bonds. The molecule has 1 aliphatic heterocycles. The first kappa shape index (κ1) is 11.6. The molecule has 0 saturated heterocycles. The van der Waals surface area contributed by atoms with E-state index in [1.54, 1.807) is 0 Å². The van der Waals surface area contributed by atoms with Gasteiger partial charge in [0.2, 0.25) is 0 Å². The molecule has 1 atom stereocenters. The normalized spacial score (nSPS) is 23.6. The summed E-state index contributed by atoms with van der Waals surface area (Å²) >= 11 is 0. The van der Waals surface area contributed by atoms with Gasteiger partial charge in [-0.2, -0.15) is 0 Å². The highest BCUT2D eigenvalue weighted by Gasteiger charge is 2.30. The van der Waals surface area contributed by atoms with Crippen LogP contribution in [0, 0.1) is 0 Å². The molecule has 1 unspecified atom stereocenters. The minimum absolute atomic E-state index is 0.323. The minimum atomic E-state index is 0.323. The number of benzene rings is 1. The zero-order chi connectivity index (χ0) is 12.7. The van der Waals surface area contributed by atoms with Crippen molar-refractivity contribution in [2.45, 2.75) is 44.7 Å². The fourth-order valence-corrected chi connectivity index (χ4v) is 2.84. The molecule has 3 heteroatoms. The zero-order valence-corrected chi connectivity index (χ0v) is 11.1. The van der Waals surface area contributed by atoms with Crippen LogP contribution in [0.4, 0.5) is 0 Å². The smallest absolute Gasteiger partial charge is 0.192 e. The maximum absolute atomic E-state index is 5.99. The predicted molar refractivity (Wildman–Crippen MR) is 74.6 cm³/mol. The second-order valence-electron chi connectivity index (χ2n) is 5.66. The van der Waals surface area contributed by atoms with Crippen LogP contribution in [0.15, 0.2) is 29.3 Å². The number of nitrogens with zero attached hydrogens (tertiary/aromatic N) is 2. The van der Waals surface area contributed by atoms with Crippen LogP contribution in [0.1, 0.15) is 49.8 Å². The summed E-state index contributed by atoms with van der Waals surface area (Å²) in [7, 11) is 0. The lowest BCUT2D eigenvalue weighted by molar-refractivity contribution is 0.290. The van der Waals surface area contributed by atoms with Crippen LogP contribution >= 0.6 is 0 Å². The van der Waals surface area contributed by atoms with Crippen molar-refractivity contribution in [3.8, 4) is 0 Å². The second-order valence-corrected chi connectivity index (χ2v) is 5.66. The van der Waals surface area contributed by atoms with E-state index in [0.29, 0.717) is 18.0 Å². The Hall–Kier alpha value is -1.51. The quantitative estimate of drug-likeness (QED) is 0.886. The lowest BCUT2D eigenvalue weighted by Gasteiger charge is -2.30. The van der Waals surface area contributed by atoms with Gasteiger partial charge >= 0.3 is 0 Å².